The molecule has 1 nitrogen and oxygen atoms in total. The average Bonchev–Trinajstić information content (AvgIpc) is 2.63. The first-order valence-electron chi connectivity index (χ1n) is 5.58. The highest BCUT2D eigenvalue weighted by atomic mass is 35.5. The largest absolute Gasteiger partial charge is 0.321 e. The molecule has 0 spiro atoms. The van der Waals surface area contributed by atoms with Crippen molar-refractivity contribution in [1.82, 2.24) is 0 Å². The molecule has 0 aliphatic heterocycles. The van der Waals surface area contributed by atoms with E-state index < -0.39 is 0 Å². The van der Waals surface area contributed by atoms with E-state index in [0.717, 1.165) is 16.3 Å². The zero-order chi connectivity index (χ0) is 12.5. The highest BCUT2D eigenvalue weighted by Crippen LogP contribution is 2.28. The molecule has 90 valence electrons. The van der Waals surface area contributed by atoms with Gasteiger partial charge in [-0.05, 0) is 31.5 Å². The second-order valence-electron chi connectivity index (χ2n) is 4.67. The summed E-state index contributed by atoms with van der Waals surface area (Å²) in [4.78, 5) is 1.22. The first-order chi connectivity index (χ1) is 7.97. The fourth-order valence-corrected chi connectivity index (χ4v) is 3.10. The van der Waals surface area contributed by atoms with Crippen molar-refractivity contribution >= 4 is 22.9 Å². The fourth-order valence-electron chi connectivity index (χ4n) is 1.85. The first kappa shape index (κ1) is 12.6. The van der Waals surface area contributed by atoms with E-state index in [2.05, 4.69) is 38.1 Å². The van der Waals surface area contributed by atoms with Crippen molar-refractivity contribution in [1.29, 1.82) is 0 Å². The third-order valence-corrected chi connectivity index (χ3v) is 4.11. The Kier molecular flexibility index (Phi) is 3.57. The number of thiophene rings is 1. The van der Waals surface area contributed by atoms with Gasteiger partial charge in [0.1, 0.15) is 0 Å². The Balaban J connectivity index is 2.21. The van der Waals surface area contributed by atoms with Crippen molar-refractivity contribution in [2.24, 2.45) is 5.73 Å². The predicted molar refractivity (Wildman–Crippen MR) is 75.8 cm³/mol. The van der Waals surface area contributed by atoms with Gasteiger partial charge in [0, 0.05) is 16.8 Å². The number of hydrogen-bond donors (Lipinski definition) is 1. The number of benzene rings is 1. The Labute approximate surface area is 111 Å². The summed E-state index contributed by atoms with van der Waals surface area (Å²) in [6.07, 6.45) is 0.813. The predicted octanol–water partition coefficient (Wildman–Crippen LogP) is 4.13. The number of hydrogen-bond acceptors (Lipinski definition) is 2. The fraction of sp³-hybridized carbons (Fsp3) is 0.286. The van der Waals surface area contributed by atoms with E-state index in [9.17, 15) is 0 Å². The summed E-state index contributed by atoms with van der Waals surface area (Å²) in [6, 6.07) is 12.4. The quantitative estimate of drug-likeness (QED) is 0.887. The summed E-state index contributed by atoms with van der Waals surface area (Å²) < 4.78 is 0.819. The van der Waals surface area contributed by atoms with Gasteiger partial charge in [0.05, 0.1) is 4.34 Å². The molecule has 2 N–H and O–H groups in total. The van der Waals surface area contributed by atoms with Crippen LogP contribution in [0.4, 0.5) is 0 Å². The Morgan fingerprint density at radius 2 is 1.82 bits per heavy atom. The monoisotopic (exact) mass is 265 g/mol. The molecule has 0 saturated heterocycles. The Hall–Kier alpha value is -0.830. The molecular formula is C14H16ClNS. The van der Waals surface area contributed by atoms with Crippen LogP contribution >= 0.6 is 22.9 Å². The molecule has 3 heteroatoms. The summed E-state index contributed by atoms with van der Waals surface area (Å²) in [5.41, 5.74) is 8.46. The lowest BCUT2D eigenvalue weighted by molar-refractivity contribution is 0.495. The molecule has 1 atom stereocenters. The van der Waals surface area contributed by atoms with Crippen LogP contribution in [-0.4, -0.2) is 0 Å². The summed E-state index contributed by atoms with van der Waals surface area (Å²) in [6.45, 7) is 4.14. The van der Waals surface area contributed by atoms with Crippen LogP contribution in [0, 0.1) is 6.92 Å². The highest BCUT2D eigenvalue weighted by Gasteiger charge is 2.22. The zero-order valence-corrected chi connectivity index (χ0v) is 11.6. The minimum absolute atomic E-state index is 0.345. The minimum Gasteiger partial charge on any atom is -0.321 e. The van der Waals surface area contributed by atoms with Crippen LogP contribution in [0.2, 0.25) is 4.34 Å². The van der Waals surface area contributed by atoms with Gasteiger partial charge in [0.2, 0.25) is 0 Å². The van der Waals surface area contributed by atoms with Gasteiger partial charge in [0.15, 0.2) is 0 Å². The maximum absolute atomic E-state index is 6.39. The lowest BCUT2D eigenvalue weighted by Crippen LogP contribution is -2.35. The van der Waals surface area contributed by atoms with Gasteiger partial charge in [-0.2, -0.15) is 0 Å². The number of rotatable bonds is 3. The second-order valence-corrected chi connectivity index (χ2v) is 6.47. The van der Waals surface area contributed by atoms with E-state index in [0.29, 0.717) is 0 Å². The summed E-state index contributed by atoms with van der Waals surface area (Å²) >= 11 is 7.53. The number of nitrogens with two attached hydrogens (primary N) is 1. The van der Waals surface area contributed by atoms with E-state index in [4.69, 9.17) is 17.3 Å². The molecule has 0 fully saturated rings. The van der Waals surface area contributed by atoms with Crippen LogP contribution in [0.1, 0.15) is 22.9 Å². The van der Waals surface area contributed by atoms with Gasteiger partial charge >= 0.3 is 0 Å². The average molecular weight is 266 g/mol. The van der Waals surface area contributed by atoms with Crippen molar-refractivity contribution < 1.29 is 0 Å². The van der Waals surface area contributed by atoms with Gasteiger partial charge in [-0.25, -0.2) is 0 Å². The SMILES string of the molecule is Cc1ccc(C(C)(N)Cc2ccc(Cl)s2)cc1. The van der Waals surface area contributed by atoms with Crippen molar-refractivity contribution in [3.05, 3.63) is 56.7 Å². The van der Waals surface area contributed by atoms with E-state index in [1.807, 2.05) is 12.1 Å². The molecule has 17 heavy (non-hydrogen) atoms. The van der Waals surface area contributed by atoms with Gasteiger partial charge < -0.3 is 5.73 Å². The number of halogens is 1. The molecule has 0 aliphatic carbocycles. The molecule has 2 aromatic rings. The van der Waals surface area contributed by atoms with Gasteiger partial charge in [-0.15, -0.1) is 11.3 Å². The molecule has 2 rings (SSSR count). The van der Waals surface area contributed by atoms with E-state index >= 15 is 0 Å². The molecule has 0 saturated carbocycles. The first-order valence-corrected chi connectivity index (χ1v) is 6.77. The molecule has 1 heterocycles. The van der Waals surface area contributed by atoms with E-state index in [-0.39, 0.29) is 5.54 Å². The molecule has 1 unspecified atom stereocenters. The Morgan fingerprint density at radius 3 is 2.35 bits per heavy atom. The van der Waals surface area contributed by atoms with Crippen LogP contribution in [-0.2, 0) is 12.0 Å². The van der Waals surface area contributed by atoms with Gasteiger partial charge in [-0.1, -0.05) is 41.4 Å². The molecule has 1 aromatic carbocycles. The summed E-state index contributed by atoms with van der Waals surface area (Å²) in [7, 11) is 0. The summed E-state index contributed by atoms with van der Waals surface area (Å²) in [5.74, 6) is 0. The molecule has 0 aliphatic rings. The Morgan fingerprint density at radius 1 is 1.18 bits per heavy atom. The maximum Gasteiger partial charge on any atom is 0.0931 e. The van der Waals surface area contributed by atoms with Crippen LogP contribution < -0.4 is 5.73 Å². The van der Waals surface area contributed by atoms with Crippen molar-refractivity contribution in [2.75, 3.05) is 0 Å². The lowest BCUT2D eigenvalue weighted by Gasteiger charge is -2.24. The van der Waals surface area contributed by atoms with E-state index in [1.54, 1.807) is 11.3 Å². The van der Waals surface area contributed by atoms with Crippen molar-refractivity contribution in [3.63, 3.8) is 0 Å². The topological polar surface area (TPSA) is 26.0 Å². The summed E-state index contributed by atoms with van der Waals surface area (Å²) in [5, 5.41) is 0. The maximum atomic E-state index is 6.39. The van der Waals surface area contributed by atoms with Crippen LogP contribution in [0.5, 0.6) is 0 Å². The molecular weight excluding hydrogens is 250 g/mol. The smallest absolute Gasteiger partial charge is 0.0931 e. The molecule has 0 amide bonds. The van der Waals surface area contributed by atoms with E-state index in [1.165, 1.54) is 10.4 Å². The molecule has 0 radical (unpaired) electrons. The second kappa shape index (κ2) is 4.81. The van der Waals surface area contributed by atoms with Crippen LogP contribution in [0.25, 0.3) is 0 Å². The van der Waals surface area contributed by atoms with Crippen LogP contribution in [0.3, 0.4) is 0 Å². The van der Waals surface area contributed by atoms with Crippen molar-refractivity contribution in [2.45, 2.75) is 25.8 Å². The zero-order valence-electron chi connectivity index (χ0n) is 10.0. The standard InChI is InChI=1S/C14H16ClNS/c1-10-3-5-11(6-4-10)14(2,16)9-12-7-8-13(15)17-12/h3-8H,9,16H2,1-2H3. The van der Waals surface area contributed by atoms with Crippen LogP contribution in [0.15, 0.2) is 36.4 Å². The number of aryl methyl sites for hydroxylation is 1. The highest BCUT2D eigenvalue weighted by molar-refractivity contribution is 7.16. The minimum atomic E-state index is -0.345. The Bertz CT molecular complexity index is 499. The molecule has 1 aromatic heterocycles. The molecule has 0 bridgehead atoms. The van der Waals surface area contributed by atoms with Gasteiger partial charge in [-0.3, -0.25) is 0 Å². The third-order valence-electron chi connectivity index (χ3n) is 2.88. The lowest BCUT2D eigenvalue weighted by atomic mass is 9.89. The normalized spacial score (nSPS) is 14.6. The third kappa shape index (κ3) is 3.09. The van der Waals surface area contributed by atoms with Gasteiger partial charge in [0.25, 0.3) is 0 Å². The van der Waals surface area contributed by atoms with Crippen molar-refractivity contribution in [3.8, 4) is 0 Å².